The summed E-state index contributed by atoms with van der Waals surface area (Å²) < 4.78 is 5.22. The second-order valence-electron chi connectivity index (χ2n) is 7.34. The standard InChI is InChI=1S/C23H24N2O5/c1-14(17-9-5-4-6-10-17)13-24-20(26)16(3)30-23(29)15(2)25-21(27)18-11-7-8-12-19(18)22(25)28/h4-12,14-16H,13H2,1-3H3,(H,24,26)/t14-,15+,16+/m0/s1. The van der Waals surface area contributed by atoms with Crippen LogP contribution in [-0.2, 0) is 14.3 Å². The third kappa shape index (κ3) is 4.25. The smallest absolute Gasteiger partial charge is 0.329 e. The van der Waals surface area contributed by atoms with E-state index in [4.69, 9.17) is 4.74 Å². The lowest BCUT2D eigenvalue weighted by molar-refractivity contribution is -0.158. The maximum Gasteiger partial charge on any atom is 0.329 e. The van der Waals surface area contributed by atoms with Crippen LogP contribution < -0.4 is 5.32 Å². The van der Waals surface area contributed by atoms with Gasteiger partial charge in [-0.15, -0.1) is 0 Å². The van der Waals surface area contributed by atoms with Gasteiger partial charge in [-0.25, -0.2) is 4.79 Å². The van der Waals surface area contributed by atoms with Crippen LogP contribution in [0, 0.1) is 0 Å². The Labute approximate surface area is 175 Å². The minimum absolute atomic E-state index is 0.0929. The molecule has 3 rings (SSSR count). The zero-order valence-corrected chi connectivity index (χ0v) is 17.1. The average molecular weight is 408 g/mol. The molecule has 0 saturated carbocycles. The van der Waals surface area contributed by atoms with Crippen LogP contribution in [-0.4, -0.2) is 47.3 Å². The molecule has 156 valence electrons. The van der Waals surface area contributed by atoms with Gasteiger partial charge in [-0.2, -0.15) is 0 Å². The largest absolute Gasteiger partial charge is 0.451 e. The molecular formula is C23H24N2O5. The van der Waals surface area contributed by atoms with Crippen LogP contribution in [0.25, 0.3) is 0 Å². The Morgan fingerprint density at radius 2 is 1.43 bits per heavy atom. The maximum atomic E-state index is 12.5. The molecule has 7 heteroatoms. The Bertz CT molecular complexity index is 938. The first-order chi connectivity index (χ1) is 14.3. The van der Waals surface area contributed by atoms with E-state index in [2.05, 4.69) is 5.32 Å². The van der Waals surface area contributed by atoms with E-state index in [1.54, 1.807) is 12.1 Å². The van der Waals surface area contributed by atoms with Gasteiger partial charge < -0.3 is 10.1 Å². The number of amides is 3. The van der Waals surface area contributed by atoms with Gasteiger partial charge in [-0.1, -0.05) is 49.4 Å². The van der Waals surface area contributed by atoms with Gasteiger partial charge in [0.1, 0.15) is 6.04 Å². The van der Waals surface area contributed by atoms with Gasteiger partial charge in [0.15, 0.2) is 6.10 Å². The first kappa shape index (κ1) is 21.2. The average Bonchev–Trinajstić information content (AvgIpc) is 3.02. The third-order valence-corrected chi connectivity index (χ3v) is 5.17. The van der Waals surface area contributed by atoms with Crippen molar-refractivity contribution in [2.45, 2.75) is 38.8 Å². The molecule has 30 heavy (non-hydrogen) atoms. The number of hydrogen-bond donors (Lipinski definition) is 1. The van der Waals surface area contributed by atoms with E-state index in [9.17, 15) is 19.2 Å². The minimum Gasteiger partial charge on any atom is -0.451 e. The second-order valence-corrected chi connectivity index (χ2v) is 7.34. The first-order valence-corrected chi connectivity index (χ1v) is 9.81. The lowest BCUT2D eigenvalue weighted by Gasteiger charge is -2.23. The molecule has 1 heterocycles. The number of nitrogens with one attached hydrogen (secondary N) is 1. The number of carbonyl (C=O) groups excluding carboxylic acids is 4. The van der Waals surface area contributed by atoms with Gasteiger partial charge in [0, 0.05) is 6.54 Å². The number of fused-ring (bicyclic) bond motifs is 1. The summed E-state index contributed by atoms with van der Waals surface area (Å²) in [4.78, 5) is 50.7. The van der Waals surface area contributed by atoms with Gasteiger partial charge in [-0.3, -0.25) is 19.3 Å². The zero-order chi connectivity index (χ0) is 21.8. The van der Waals surface area contributed by atoms with E-state index in [0.29, 0.717) is 6.54 Å². The van der Waals surface area contributed by atoms with Crippen LogP contribution in [0.4, 0.5) is 0 Å². The van der Waals surface area contributed by atoms with Crippen LogP contribution in [0.3, 0.4) is 0 Å². The summed E-state index contributed by atoms with van der Waals surface area (Å²) in [6.45, 7) is 5.23. The molecule has 1 aliphatic heterocycles. The molecule has 0 bridgehead atoms. The number of carbonyl (C=O) groups is 4. The van der Waals surface area contributed by atoms with Gasteiger partial charge in [0.25, 0.3) is 17.7 Å². The fourth-order valence-electron chi connectivity index (χ4n) is 3.29. The fourth-order valence-corrected chi connectivity index (χ4v) is 3.29. The van der Waals surface area contributed by atoms with Crippen LogP contribution in [0.2, 0.25) is 0 Å². The minimum atomic E-state index is -1.14. The van der Waals surface area contributed by atoms with Crippen LogP contribution >= 0.6 is 0 Å². The number of esters is 1. The number of hydrogen-bond acceptors (Lipinski definition) is 5. The molecule has 0 saturated heterocycles. The SMILES string of the molecule is C[C@H](C(=O)O[C@H](C)C(=O)NC[C@H](C)c1ccccc1)N1C(=O)c2ccccc2C1=O. The zero-order valence-electron chi connectivity index (χ0n) is 17.1. The van der Waals surface area contributed by atoms with E-state index in [0.717, 1.165) is 10.5 Å². The summed E-state index contributed by atoms with van der Waals surface area (Å²) in [5.41, 5.74) is 1.59. The first-order valence-electron chi connectivity index (χ1n) is 9.81. The van der Waals surface area contributed by atoms with Crippen LogP contribution in [0.1, 0.15) is 53.0 Å². The summed E-state index contributed by atoms with van der Waals surface area (Å²) in [6.07, 6.45) is -1.06. The molecule has 0 radical (unpaired) electrons. The van der Waals surface area contributed by atoms with Gasteiger partial charge >= 0.3 is 5.97 Å². The lowest BCUT2D eigenvalue weighted by atomic mass is 10.0. The van der Waals surface area contributed by atoms with Crippen molar-refractivity contribution in [1.82, 2.24) is 10.2 Å². The van der Waals surface area contributed by atoms with Crippen molar-refractivity contribution in [1.29, 1.82) is 0 Å². The normalized spacial score (nSPS) is 15.9. The molecule has 0 unspecified atom stereocenters. The Morgan fingerprint density at radius 3 is 2.00 bits per heavy atom. The number of imide groups is 1. The van der Waals surface area contributed by atoms with Gasteiger partial charge in [0.2, 0.25) is 0 Å². The van der Waals surface area contributed by atoms with Crippen molar-refractivity contribution in [3.05, 3.63) is 71.3 Å². The van der Waals surface area contributed by atoms with Gasteiger partial charge in [-0.05, 0) is 37.5 Å². The molecule has 2 aromatic rings. The van der Waals surface area contributed by atoms with E-state index in [-0.39, 0.29) is 17.0 Å². The van der Waals surface area contributed by atoms with Crippen molar-refractivity contribution in [2.24, 2.45) is 0 Å². The maximum absolute atomic E-state index is 12.5. The quantitative estimate of drug-likeness (QED) is 0.561. The van der Waals surface area contributed by atoms with E-state index in [1.165, 1.54) is 26.0 Å². The Balaban J connectivity index is 1.55. The van der Waals surface area contributed by atoms with E-state index >= 15 is 0 Å². The van der Waals surface area contributed by atoms with Crippen LogP contribution in [0.15, 0.2) is 54.6 Å². The molecule has 1 N–H and O–H groups in total. The van der Waals surface area contributed by atoms with E-state index in [1.807, 2.05) is 37.3 Å². The van der Waals surface area contributed by atoms with Crippen molar-refractivity contribution in [3.8, 4) is 0 Å². The topological polar surface area (TPSA) is 92.8 Å². The highest BCUT2D eigenvalue weighted by atomic mass is 16.5. The number of nitrogens with zero attached hydrogens (tertiary/aromatic N) is 1. The highest BCUT2D eigenvalue weighted by Gasteiger charge is 2.41. The second kappa shape index (κ2) is 8.90. The van der Waals surface area contributed by atoms with Gasteiger partial charge in [0.05, 0.1) is 11.1 Å². The van der Waals surface area contributed by atoms with Crippen molar-refractivity contribution in [2.75, 3.05) is 6.54 Å². The molecule has 3 amide bonds. The molecule has 0 fully saturated rings. The van der Waals surface area contributed by atoms with Crippen molar-refractivity contribution in [3.63, 3.8) is 0 Å². The fraction of sp³-hybridized carbons (Fsp3) is 0.304. The number of benzene rings is 2. The number of ether oxygens (including phenoxy) is 1. The molecule has 0 aromatic heterocycles. The molecule has 3 atom stereocenters. The Kier molecular flexibility index (Phi) is 6.30. The predicted octanol–water partition coefficient (Wildman–Crippen LogP) is 2.52. The third-order valence-electron chi connectivity index (χ3n) is 5.17. The summed E-state index contributed by atoms with van der Waals surface area (Å²) in [5, 5.41) is 2.76. The molecule has 7 nitrogen and oxygen atoms in total. The Morgan fingerprint density at radius 1 is 0.900 bits per heavy atom. The molecule has 0 aliphatic carbocycles. The highest BCUT2D eigenvalue weighted by Crippen LogP contribution is 2.25. The summed E-state index contributed by atoms with van der Waals surface area (Å²) in [6, 6.07) is 15.0. The highest BCUT2D eigenvalue weighted by molar-refractivity contribution is 6.22. The molecule has 2 aromatic carbocycles. The summed E-state index contributed by atoms with van der Waals surface area (Å²) >= 11 is 0. The molecule has 0 spiro atoms. The predicted molar refractivity (Wildman–Crippen MR) is 110 cm³/mol. The van der Waals surface area contributed by atoms with Crippen LogP contribution in [0.5, 0.6) is 0 Å². The monoisotopic (exact) mass is 408 g/mol. The summed E-state index contributed by atoms with van der Waals surface area (Å²) in [7, 11) is 0. The number of rotatable bonds is 7. The molecular weight excluding hydrogens is 384 g/mol. The van der Waals surface area contributed by atoms with Crippen molar-refractivity contribution >= 4 is 23.7 Å². The van der Waals surface area contributed by atoms with Crippen molar-refractivity contribution < 1.29 is 23.9 Å². The lowest BCUT2D eigenvalue weighted by Crippen LogP contribution is -2.46. The molecule has 1 aliphatic rings. The summed E-state index contributed by atoms with van der Waals surface area (Å²) in [5.74, 6) is -2.26. The Hall–Kier alpha value is -3.48. The van der Waals surface area contributed by atoms with E-state index < -0.39 is 35.8 Å².